The number of rotatable bonds is 8. The Morgan fingerprint density at radius 1 is 1.00 bits per heavy atom. The minimum atomic E-state index is -5.99. The number of hydrogen-bond acceptors (Lipinski definition) is 6. The lowest BCUT2D eigenvalue weighted by atomic mass is 9.82. The summed E-state index contributed by atoms with van der Waals surface area (Å²) in [4.78, 5) is 0. The number of ether oxygens (including phenoxy) is 3. The van der Waals surface area contributed by atoms with Gasteiger partial charge in [0.25, 0.3) is 0 Å². The highest BCUT2D eigenvalue weighted by molar-refractivity contribution is 9.11. The first-order valence-corrected chi connectivity index (χ1v) is 14.0. The lowest BCUT2D eigenvalue weighted by Gasteiger charge is -2.23. The fourth-order valence-electron chi connectivity index (χ4n) is 4.37. The van der Waals surface area contributed by atoms with Crippen LogP contribution in [0.4, 0.5) is 13.2 Å². The Morgan fingerprint density at radius 2 is 1.63 bits per heavy atom. The fraction of sp³-hybridized carbons (Fsp3) is 0.231. The van der Waals surface area contributed by atoms with Crippen LogP contribution in [0.15, 0.2) is 70.1 Å². The normalized spacial score (nSPS) is 16.9. The summed E-state index contributed by atoms with van der Waals surface area (Å²) >= 11 is 6.98. The summed E-state index contributed by atoms with van der Waals surface area (Å²) in [6.07, 6.45) is 0.795. The van der Waals surface area contributed by atoms with Gasteiger partial charge in [0.05, 0.1) is 20.1 Å². The van der Waals surface area contributed by atoms with E-state index >= 15 is 0 Å². The van der Waals surface area contributed by atoms with Crippen molar-refractivity contribution in [2.75, 3.05) is 14.2 Å². The van der Waals surface area contributed by atoms with Crippen LogP contribution in [0.3, 0.4) is 0 Å². The van der Waals surface area contributed by atoms with E-state index in [0.29, 0.717) is 17.1 Å². The Morgan fingerprint density at radius 3 is 2.16 bits per heavy atom. The van der Waals surface area contributed by atoms with Crippen molar-refractivity contribution in [3.05, 3.63) is 92.4 Å². The van der Waals surface area contributed by atoms with Crippen molar-refractivity contribution < 1.29 is 40.0 Å². The van der Waals surface area contributed by atoms with Gasteiger partial charge in [0.1, 0.15) is 17.6 Å². The zero-order valence-corrected chi connectivity index (χ0v) is 24.0. The van der Waals surface area contributed by atoms with Crippen LogP contribution in [0.2, 0.25) is 0 Å². The van der Waals surface area contributed by atoms with Crippen LogP contribution in [-0.4, -0.2) is 28.1 Å². The molecule has 3 aromatic rings. The van der Waals surface area contributed by atoms with E-state index in [9.17, 15) is 21.6 Å². The second-order valence-corrected chi connectivity index (χ2v) is 11.6. The van der Waals surface area contributed by atoms with Gasteiger partial charge in [0.15, 0.2) is 11.5 Å². The van der Waals surface area contributed by atoms with Gasteiger partial charge < -0.3 is 18.4 Å². The van der Waals surface area contributed by atoms with Crippen LogP contribution in [-0.2, 0) is 16.5 Å². The van der Waals surface area contributed by atoms with E-state index in [1.807, 2.05) is 30.3 Å². The van der Waals surface area contributed by atoms with Crippen LogP contribution in [0, 0.1) is 0 Å². The maximum absolute atomic E-state index is 13.3. The second kappa shape index (κ2) is 10.8. The molecule has 2 atom stereocenters. The Labute approximate surface area is 234 Å². The summed E-state index contributed by atoms with van der Waals surface area (Å²) in [5, 5.41) is 0. The maximum atomic E-state index is 13.3. The molecule has 0 fully saturated rings. The molecule has 0 radical (unpaired) electrons. The Balaban J connectivity index is 2.00. The smallest absolute Gasteiger partial charge is 0.497 e. The molecule has 0 aliphatic carbocycles. The zero-order valence-electron chi connectivity index (χ0n) is 20.0. The molecule has 4 rings (SSSR count). The minimum absolute atomic E-state index is 0.0212. The highest BCUT2D eigenvalue weighted by Gasteiger charge is 2.50. The summed E-state index contributed by atoms with van der Waals surface area (Å²) in [7, 11) is -3.25. The first kappa shape index (κ1) is 28.3. The van der Waals surface area contributed by atoms with Crippen molar-refractivity contribution in [2.45, 2.75) is 24.0 Å². The highest BCUT2D eigenvalue weighted by atomic mass is 79.9. The Hall–Kier alpha value is -2.70. The molecule has 0 N–H and O–H groups in total. The molecule has 38 heavy (non-hydrogen) atoms. The van der Waals surface area contributed by atoms with Crippen LogP contribution < -0.4 is 18.4 Å². The van der Waals surface area contributed by atoms with E-state index in [2.05, 4.69) is 42.6 Å². The van der Waals surface area contributed by atoms with Crippen molar-refractivity contribution in [3.63, 3.8) is 0 Å². The number of methoxy groups -OCH3 is 2. The molecule has 1 aliphatic heterocycles. The molecule has 0 spiro atoms. The third-order valence-corrected chi connectivity index (χ3v) is 7.82. The van der Waals surface area contributed by atoms with Crippen LogP contribution in [0.5, 0.6) is 23.0 Å². The first-order chi connectivity index (χ1) is 17.9. The van der Waals surface area contributed by atoms with Gasteiger partial charge in [-0.1, -0.05) is 50.1 Å². The molecule has 0 saturated carbocycles. The van der Waals surface area contributed by atoms with Crippen molar-refractivity contribution in [3.8, 4) is 23.0 Å². The third-order valence-electron chi connectivity index (χ3n) is 5.95. The SMILES string of the molecule is C=CCc1c(OS(=O)(=O)C(F)(F)F)c(OC)cc2c1[C@H](c1cc(Br)cc(Br)c1)C(c1ccc(OC)cc1)O2. The van der Waals surface area contributed by atoms with Crippen LogP contribution in [0.1, 0.15) is 34.3 Å². The topological polar surface area (TPSA) is 71.1 Å². The van der Waals surface area contributed by atoms with Crippen molar-refractivity contribution in [1.82, 2.24) is 0 Å². The van der Waals surface area contributed by atoms with E-state index in [4.69, 9.17) is 14.2 Å². The Kier molecular flexibility index (Phi) is 8.06. The molecule has 1 unspecified atom stereocenters. The van der Waals surface area contributed by atoms with Gasteiger partial charge in [-0.2, -0.15) is 21.6 Å². The molecule has 0 aromatic heterocycles. The monoisotopic (exact) mass is 676 g/mol. The summed E-state index contributed by atoms with van der Waals surface area (Å²) in [5.74, 6) is -0.408. The van der Waals surface area contributed by atoms with Crippen molar-refractivity contribution >= 4 is 42.0 Å². The lowest BCUT2D eigenvalue weighted by Crippen LogP contribution is -2.28. The van der Waals surface area contributed by atoms with Gasteiger partial charge in [0, 0.05) is 26.1 Å². The molecule has 3 aromatic carbocycles. The standard InChI is InChI=1S/C26H21Br2F3O6S/c1-4-5-19-23-20(13-21(35-3)25(19)37-38(32,33)26(29,30)31)36-24(14-6-8-18(34-2)9-7-14)22(23)15-10-16(27)12-17(28)11-15/h4,6-13,22,24H,1,5H2,2-3H3/t22-,24?/m0/s1. The van der Waals surface area contributed by atoms with E-state index in [-0.39, 0.29) is 17.7 Å². The van der Waals surface area contributed by atoms with Gasteiger partial charge in [0.2, 0.25) is 0 Å². The van der Waals surface area contributed by atoms with Gasteiger partial charge >= 0.3 is 15.6 Å². The maximum Gasteiger partial charge on any atom is 0.534 e. The fourth-order valence-corrected chi connectivity index (χ4v) is 6.20. The van der Waals surface area contributed by atoms with E-state index < -0.39 is 33.4 Å². The third kappa shape index (κ3) is 5.39. The molecule has 12 heteroatoms. The van der Waals surface area contributed by atoms with Gasteiger partial charge in [-0.25, -0.2) is 0 Å². The first-order valence-electron chi connectivity index (χ1n) is 11.0. The Bertz CT molecular complexity index is 1450. The van der Waals surface area contributed by atoms with Gasteiger partial charge in [-0.05, 0) is 47.9 Å². The molecule has 0 bridgehead atoms. The van der Waals surface area contributed by atoms with E-state index in [1.165, 1.54) is 19.3 Å². The van der Waals surface area contributed by atoms with Gasteiger partial charge in [-0.15, -0.1) is 6.58 Å². The molecule has 0 amide bonds. The zero-order chi connectivity index (χ0) is 27.8. The number of fused-ring (bicyclic) bond motifs is 1. The molecular weight excluding hydrogens is 657 g/mol. The molecule has 202 valence electrons. The van der Waals surface area contributed by atoms with Crippen molar-refractivity contribution in [2.24, 2.45) is 0 Å². The predicted octanol–water partition coefficient (Wildman–Crippen LogP) is 7.45. The number of hydrogen-bond donors (Lipinski definition) is 0. The molecular formula is C26H21Br2F3O6S. The van der Waals surface area contributed by atoms with Crippen LogP contribution in [0.25, 0.3) is 0 Å². The summed E-state index contributed by atoms with van der Waals surface area (Å²) in [6.45, 7) is 3.71. The molecule has 0 saturated heterocycles. The number of alkyl halides is 3. The van der Waals surface area contributed by atoms with E-state index in [1.54, 1.807) is 19.2 Å². The molecule has 6 nitrogen and oxygen atoms in total. The second-order valence-electron chi connectivity index (χ2n) is 8.27. The quantitative estimate of drug-likeness (QED) is 0.140. The lowest BCUT2D eigenvalue weighted by molar-refractivity contribution is -0.0500. The number of halogens is 5. The number of allylic oxidation sites excluding steroid dienone is 1. The van der Waals surface area contributed by atoms with Crippen LogP contribution >= 0.6 is 31.9 Å². The average Bonchev–Trinajstić information content (AvgIpc) is 3.23. The van der Waals surface area contributed by atoms with Gasteiger partial charge in [-0.3, -0.25) is 0 Å². The van der Waals surface area contributed by atoms with Crippen molar-refractivity contribution in [1.29, 1.82) is 0 Å². The largest absolute Gasteiger partial charge is 0.534 e. The average molecular weight is 678 g/mol. The molecule has 1 heterocycles. The minimum Gasteiger partial charge on any atom is -0.497 e. The molecule has 1 aliphatic rings. The van der Waals surface area contributed by atoms with E-state index in [0.717, 1.165) is 20.1 Å². The summed E-state index contributed by atoms with van der Waals surface area (Å²) in [5.41, 5.74) is -3.51. The summed E-state index contributed by atoms with van der Waals surface area (Å²) in [6, 6.07) is 14.1. The number of benzene rings is 3. The highest BCUT2D eigenvalue weighted by Crippen LogP contribution is 2.56. The summed E-state index contributed by atoms with van der Waals surface area (Å²) < 4.78 is 87.1. The predicted molar refractivity (Wildman–Crippen MR) is 143 cm³/mol.